The van der Waals surface area contributed by atoms with E-state index < -0.39 is 0 Å². The van der Waals surface area contributed by atoms with Gasteiger partial charge in [-0.25, -0.2) is 4.58 Å². The molecule has 4 nitrogen and oxygen atoms in total. The Kier molecular flexibility index (Phi) is 5.85. The Balaban J connectivity index is 1.71. The van der Waals surface area contributed by atoms with E-state index in [4.69, 9.17) is 4.74 Å². The predicted octanol–water partition coefficient (Wildman–Crippen LogP) is 1.47. The molecule has 0 aromatic rings. The molecule has 0 unspecified atom stereocenters. The summed E-state index contributed by atoms with van der Waals surface area (Å²) in [6.07, 6.45) is 6.75. The molecule has 0 atom stereocenters. The highest BCUT2D eigenvalue weighted by molar-refractivity contribution is 5.34. The fraction of sp³-hybridized carbons (Fsp3) is 0.929. The van der Waals surface area contributed by atoms with E-state index in [1.54, 1.807) is 0 Å². The SMILES string of the molecule is C[N+](=C=NCCN1CCOCC1)C1CCCCC1. The molecule has 0 aromatic heterocycles. The van der Waals surface area contributed by atoms with Crippen LogP contribution in [0.15, 0.2) is 4.99 Å². The maximum absolute atomic E-state index is 5.33. The molecule has 2 aliphatic rings. The van der Waals surface area contributed by atoms with E-state index in [2.05, 4.69) is 27.5 Å². The molecule has 0 amide bonds. The molecule has 1 aliphatic heterocycles. The largest absolute Gasteiger partial charge is 0.379 e. The topological polar surface area (TPSA) is 27.8 Å². The third-order valence-corrected chi connectivity index (χ3v) is 3.98. The Hall–Kier alpha value is -0.700. The summed E-state index contributed by atoms with van der Waals surface area (Å²) in [6, 6.07) is 3.86. The van der Waals surface area contributed by atoms with Gasteiger partial charge in [0.05, 0.1) is 20.3 Å². The highest BCUT2D eigenvalue weighted by Gasteiger charge is 2.17. The second kappa shape index (κ2) is 7.67. The fourth-order valence-corrected chi connectivity index (χ4v) is 2.73. The Morgan fingerprint density at radius 1 is 1.22 bits per heavy atom. The van der Waals surface area contributed by atoms with Crippen LogP contribution in [-0.2, 0) is 4.74 Å². The molecule has 0 bridgehead atoms. The minimum Gasteiger partial charge on any atom is -0.379 e. The van der Waals surface area contributed by atoms with Gasteiger partial charge in [0.1, 0.15) is 6.04 Å². The summed E-state index contributed by atoms with van der Waals surface area (Å²) in [5, 5.41) is 0. The van der Waals surface area contributed by atoms with Crippen molar-refractivity contribution in [1.29, 1.82) is 0 Å². The number of morpholine rings is 1. The highest BCUT2D eigenvalue weighted by atomic mass is 16.5. The monoisotopic (exact) mass is 252 g/mol. The summed E-state index contributed by atoms with van der Waals surface area (Å²) in [5.74, 6) is 0. The van der Waals surface area contributed by atoms with Crippen LogP contribution in [0.3, 0.4) is 0 Å². The van der Waals surface area contributed by atoms with Gasteiger partial charge < -0.3 is 4.74 Å². The van der Waals surface area contributed by atoms with Gasteiger partial charge in [0, 0.05) is 19.6 Å². The van der Waals surface area contributed by atoms with E-state index in [1.165, 1.54) is 32.1 Å². The van der Waals surface area contributed by atoms with Crippen molar-refractivity contribution in [2.75, 3.05) is 46.4 Å². The van der Waals surface area contributed by atoms with Crippen molar-refractivity contribution in [3.8, 4) is 0 Å². The van der Waals surface area contributed by atoms with Crippen LogP contribution in [0.25, 0.3) is 0 Å². The summed E-state index contributed by atoms with van der Waals surface area (Å²) in [5.41, 5.74) is 0. The van der Waals surface area contributed by atoms with Crippen molar-refractivity contribution in [2.24, 2.45) is 4.99 Å². The summed E-state index contributed by atoms with van der Waals surface area (Å²) in [6.45, 7) is 5.73. The number of ether oxygens (including phenoxy) is 1. The lowest BCUT2D eigenvalue weighted by molar-refractivity contribution is -0.536. The standard InChI is InChI=1S/C14H26N3O/c1-16(14-5-3-2-4-6-14)13-15-7-8-17-9-11-18-12-10-17/h14H,2-12H2,1H3/q+1. The molecule has 102 valence electrons. The van der Waals surface area contributed by atoms with Crippen molar-refractivity contribution in [3.63, 3.8) is 0 Å². The normalized spacial score (nSPS) is 22.5. The average Bonchev–Trinajstić information content (AvgIpc) is 2.45. The second-order valence-corrected chi connectivity index (χ2v) is 5.34. The van der Waals surface area contributed by atoms with Gasteiger partial charge in [-0.1, -0.05) is 6.42 Å². The van der Waals surface area contributed by atoms with Gasteiger partial charge in [0.15, 0.2) is 6.54 Å². The Labute approximate surface area is 110 Å². The third kappa shape index (κ3) is 4.52. The highest BCUT2D eigenvalue weighted by Crippen LogP contribution is 2.18. The average molecular weight is 252 g/mol. The van der Waals surface area contributed by atoms with Gasteiger partial charge in [-0.2, -0.15) is 0 Å². The van der Waals surface area contributed by atoms with Gasteiger partial charge in [-0.05, 0) is 30.7 Å². The number of nitrogens with zero attached hydrogens (tertiary/aromatic N) is 3. The lowest BCUT2D eigenvalue weighted by Gasteiger charge is -2.24. The molecule has 0 aromatic carbocycles. The first kappa shape index (κ1) is 13.7. The quantitative estimate of drug-likeness (QED) is 0.560. The van der Waals surface area contributed by atoms with Crippen LogP contribution >= 0.6 is 0 Å². The Morgan fingerprint density at radius 2 is 1.94 bits per heavy atom. The van der Waals surface area contributed by atoms with Crippen LogP contribution in [0.4, 0.5) is 0 Å². The molecule has 0 radical (unpaired) electrons. The van der Waals surface area contributed by atoms with Crippen LogP contribution in [0.1, 0.15) is 32.1 Å². The lowest BCUT2D eigenvalue weighted by atomic mass is 9.95. The minimum absolute atomic E-state index is 0.672. The molecule has 4 heteroatoms. The first-order valence-corrected chi connectivity index (χ1v) is 7.31. The number of rotatable bonds is 4. The van der Waals surface area contributed by atoms with Gasteiger partial charge >= 0.3 is 6.01 Å². The zero-order chi connectivity index (χ0) is 12.6. The molecule has 1 aliphatic carbocycles. The number of hydrogen-bond acceptors (Lipinski definition) is 3. The van der Waals surface area contributed by atoms with Crippen molar-refractivity contribution in [3.05, 3.63) is 0 Å². The van der Waals surface area contributed by atoms with Gasteiger partial charge in [0.2, 0.25) is 0 Å². The van der Waals surface area contributed by atoms with Crippen molar-refractivity contribution in [1.82, 2.24) is 4.90 Å². The van der Waals surface area contributed by atoms with E-state index in [-0.39, 0.29) is 0 Å². The molecule has 2 fully saturated rings. The molecule has 1 saturated carbocycles. The van der Waals surface area contributed by atoms with E-state index in [0.29, 0.717) is 6.04 Å². The summed E-state index contributed by atoms with van der Waals surface area (Å²) in [4.78, 5) is 6.85. The molecule has 1 saturated heterocycles. The van der Waals surface area contributed by atoms with Gasteiger partial charge in [-0.3, -0.25) is 4.90 Å². The summed E-state index contributed by atoms with van der Waals surface area (Å²) in [7, 11) is 2.12. The summed E-state index contributed by atoms with van der Waals surface area (Å²) >= 11 is 0. The fourth-order valence-electron chi connectivity index (χ4n) is 2.73. The smallest absolute Gasteiger partial charge is 0.306 e. The van der Waals surface area contributed by atoms with Crippen LogP contribution in [0.2, 0.25) is 0 Å². The first-order chi connectivity index (χ1) is 8.86. The zero-order valence-corrected chi connectivity index (χ0v) is 11.6. The molecule has 2 rings (SSSR count). The predicted molar refractivity (Wildman–Crippen MR) is 72.6 cm³/mol. The molecular weight excluding hydrogens is 226 g/mol. The second-order valence-electron chi connectivity index (χ2n) is 5.34. The maximum Gasteiger partial charge on any atom is 0.306 e. The van der Waals surface area contributed by atoms with Crippen molar-refractivity contribution < 1.29 is 9.31 Å². The zero-order valence-electron chi connectivity index (χ0n) is 11.6. The first-order valence-electron chi connectivity index (χ1n) is 7.31. The van der Waals surface area contributed by atoms with E-state index in [0.717, 1.165) is 39.4 Å². The third-order valence-electron chi connectivity index (χ3n) is 3.98. The van der Waals surface area contributed by atoms with Crippen LogP contribution < -0.4 is 0 Å². The molecule has 1 heterocycles. The number of aliphatic imine (C=N–C) groups is 1. The van der Waals surface area contributed by atoms with Crippen LogP contribution in [-0.4, -0.2) is 68.0 Å². The Morgan fingerprint density at radius 3 is 2.67 bits per heavy atom. The molecule has 0 N–H and O–H groups in total. The van der Waals surface area contributed by atoms with Crippen LogP contribution in [0.5, 0.6) is 0 Å². The van der Waals surface area contributed by atoms with Gasteiger partial charge in [-0.15, -0.1) is 0 Å². The summed E-state index contributed by atoms with van der Waals surface area (Å²) < 4.78 is 7.52. The maximum atomic E-state index is 5.33. The Bertz CT molecular complexity index is 298. The molecule has 18 heavy (non-hydrogen) atoms. The minimum atomic E-state index is 0.672. The lowest BCUT2D eigenvalue weighted by Crippen LogP contribution is -2.37. The van der Waals surface area contributed by atoms with Crippen molar-refractivity contribution in [2.45, 2.75) is 38.1 Å². The molecular formula is C14H26N3O+. The van der Waals surface area contributed by atoms with E-state index in [9.17, 15) is 0 Å². The molecule has 0 spiro atoms. The van der Waals surface area contributed by atoms with Crippen molar-refractivity contribution >= 4 is 6.01 Å². The number of hydrogen-bond donors (Lipinski definition) is 0. The van der Waals surface area contributed by atoms with Crippen LogP contribution in [0, 0.1) is 0 Å². The van der Waals surface area contributed by atoms with E-state index in [1.807, 2.05) is 0 Å². The van der Waals surface area contributed by atoms with Gasteiger partial charge in [0.25, 0.3) is 0 Å². The van der Waals surface area contributed by atoms with E-state index >= 15 is 0 Å².